The summed E-state index contributed by atoms with van der Waals surface area (Å²) < 4.78 is 10.9. The van der Waals surface area contributed by atoms with Gasteiger partial charge in [-0.25, -0.2) is 19.9 Å². The minimum absolute atomic E-state index is 0.226. The molecule has 0 amide bonds. The van der Waals surface area contributed by atoms with Gasteiger partial charge in [0.2, 0.25) is 5.88 Å². The first-order chi connectivity index (χ1) is 15.1. The fourth-order valence-electron chi connectivity index (χ4n) is 3.97. The first-order valence-corrected chi connectivity index (χ1v) is 10.3. The van der Waals surface area contributed by atoms with Crippen molar-refractivity contribution < 1.29 is 9.47 Å². The third-order valence-electron chi connectivity index (χ3n) is 5.65. The summed E-state index contributed by atoms with van der Waals surface area (Å²) in [6.45, 7) is 6.33. The highest BCUT2D eigenvalue weighted by Gasteiger charge is 2.23. The molecule has 0 unspecified atom stereocenters. The number of aryl methyl sites for hydroxylation is 1. The van der Waals surface area contributed by atoms with Crippen LogP contribution in [0.2, 0.25) is 0 Å². The number of nitrogens with zero attached hydrogens (tertiary/aromatic N) is 5. The Morgan fingerprint density at radius 3 is 2.87 bits per heavy atom. The minimum Gasteiger partial charge on any atom is -0.481 e. The van der Waals surface area contributed by atoms with Crippen LogP contribution < -0.4 is 9.64 Å². The van der Waals surface area contributed by atoms with Crippen LogP contribution in [0.25, 0.3) is 33.7 Å². The predicted octanol–water partition coefficient (Wildman–Crippen LogP) is 3.62. The Morgan fingerprint density at radius 2 is 2.06 bits per heavy atom. The normalized spacial score (nSPS) is 16.6. The second kappa shape index (κ2) is 7.96. The summed E-state index contributed by atoms with van der Waals surface area (Å²) in [5, 5.41) is 0.991. The van der Waals surface area contributed by atoms with E-state index in [1.54, 1.807) is 13.3 Å². The van der Waals surface area contributed by atoms with Crippen molar-refractivity contribution in [2.24, 2.45) is 0 Å². The molecule has 5 rings (SSSR count). The molecule has 8 nitrogen and oxygen atoms in total. The van der Waals surface area contributed by atoms with E-state index in [2.05, 4.69) is 26.8 Å². The number of rotatable bonds is 4. The summed E-state index contributed by atoms with van der Waals surface area (Å²) in [5.41, 5.74) is 4.57. The van der Waals surface area contributed by atoms with Crippen LogP contribution in [-0.4, -0.2) is 57.8 Å². The molecule has 1 saturated heterocycles. The summed E-state index contributed by atoms with van der Waals surface area (Å²) in [5.74, 6) is 2.13. The molecule has 0 saturated carbocycles. The molecule has 0 radical (unpaired) electrons. The van der Waals surface area contributed by atoms with Crippen molar-refractivity contribution >= 4 is 16.9 Å². The van der Waals surface area contributed by atoms with Crippen molar-refractivity contribution in [1.82, 2.24) is 24.9 Å². The van der Waals surface area contributed by atoms with Gasteiger partial charge < -0.3 is 19.4 Å². The lowest BCUT2D eigenvalue weighted by Crippen LogP contribution is -2.44. The second-order valence-corrected chi connectivity index (χ2v) is 7.69. The van der Waals surface area contributed by atoms with Crippen LogP contribution in [0.15, 0.2) is 42.9 Å². The third-order valence-corrected chi connectivity index (χ3v) is 5.65. The SMILES string of the molecule is COc1cc(C)c(-c2cc(N3CCOC[C@H]3C)nc(-c3ccnc4[nH]ccc34)n2)cn1. The van der Waals surface area contributed by atoms with Crippen LogP contribution in [0.3, 0.4) is 0 Å². The van der Waals surface area contributed by atoms with E-state index in [0.29, 0.717) is 24.9 Å². The molecule has 0 aliphatic carbocycles. The number of aromatic amines is 1. The summed E-state index contributed by atoms with van der Waals surface area (Å²) in [4.78, 5) is 24.2. The summed E-state index contributed by atoms with van der Waals surface area (Å²) in [6.07, 6.45) is 5.47. The zero-order chi connectivity index (χ0) is 21.4. The van der Waals surface area contributed by atoms with Crippen LogP contribution in [0.5, 0.6) is 5.88 Å². The number of pyridine rings is 2. The molecule has 158 valence electrons. The van der Waals surface area contributed by atoms with Crippen LogP contribution in [0.4, 0.5) is 5.82 Å². The fourth-order valence-corrected chi connectivity index (χ4v) is 3.97. The Hall–Kier alpha value is -3.52. The van der Waals surface area contributed by atoms with Crippen LogP contribution >= 0.6 is 0 Å². The molecule has 31 heavy (non-hydrogen) atoms. The van der Waals surface area contributed by atoms with Gasteiger partial charge in [-0.15, -0.1) is 0 Å². The van der Waals surface area contributed by atoms with Crippen LogP contribution in [0, 0.1) is 6.92 Å². The van der Waals surface area contributed by atoms with E-state index < -0.39 is 0 Å². The summed E-state index contributed by atoms with van der Waals surface area (Å²) in [6, 6.07) is 8.15. The highest BCUT2D eigenvalue weighted by Crippen LogP contribution is 2.32. The molecule has 1 atom stereocenters. The van der Waals surface area contributed by atoms with Gasteiger partial charge in [-0.3, -0.25) is 0 Å². The largest absolute Gasteiger partial charge is 0.481 e. The molecule has 4 aromatic heterocycles. The van der Waals surface area contributed by atoms with Gasteiger partial charge in [-0.05, 0) is 31.5 Å². The Bertz CT molecular complexity index is 1240. The highest BCUT2D eigenvalue weighted by molar-refractivity contribution is 5.91. The lowest BCUT2D eigenvalue weighted by molar-refractivity contribution is 0.0985. The molecule has 1 fully saturated rings. The molecular weight excluding hydrogens is 392 g/mol. The van der Waals surface area contributed by atoms with Crippen LogP contribution in [-0.2, 0) is 4.74 Å². The molecule has 8 heteroatoms. The minimum atomic E-state index is 0.226. The number of nitrogens with one attached hydrogen (secondary N) is 1. The average Bonchev–Trinajstić information content (AvgIpc) is 3.28. The van der Waals surface area contributed by atoms with Crippen molar-refractivity contribution in [1.29, 1.82) is 0 Å². The number of fused-ring (bicyclic) bond motifs is 1. The van der Waals surface area contributed by atoms with Crippen molar-refractivity contribution in [3.63, 3.8) is 0 Å². The van der Waals surface area contributed by atoms with Crippen molar-refractivity contribution in [3.05, 3.63) is 48.4 Å². The van der Waals surface area contributed by atoms with E-state index in [-0.39, 0.29) is 6.04 Å². The van der Waals surface area contributed by atoms with E-state index in [1.807, 2.05) is 43.6 Å². The summed E-state index contributed by atoms with van der Waals surface area (Å²) in [7, 11) is 1.62. The zero-order valence-corrected chi connectivity index (χ0v) is 17.8. The predicted molar refractivity (Wildman–Crippen MR) is 119 cm³/mol. The number of anilines is 1. The van der Waals surface area contributed by atoms with E-state index in [4.69, 9.17) is 19.4 Å². The third kappa shape index (κ3) is 3.59. The van der Waals surface area contributed by atoms with Gasteiger partial charge in [0, 0.05) is 53.8 Å². The van der Waals surface area contributed by atoms with Crippen molar-refractivity contribution in [2.75, 3.05) is 31.8 Å². The van der Waals surface area contributed by atoms with Gasteiger partial charge in [0.15, 0.2) is 5.82 Å². The standard InChI is InChI=1S/C23H24N6O2/c1-14-10-21(30-3)26-12-18(14)19-11-20(29-8-9-31-13-15(29)2)28-23(27-19)17-5-7-25-22-16(17)4-6-24-22/h4-7,10-12,15H,8-9,13H2,1-3H3,(H,24,25)/t15-/m1/s1. The van der Waals surface area contributed by atoms with E-state index in [9.17, 15) is 0 Å². The van der Waals surface area contributed by atoms with E-state index in [1.165, 1.54) is 0 Å². The number of morpholine rings is 1. The fraction of sp³-hybridized carbons (Fsp3) is 0.304. The lowest BCUT2D eigenvalue weighted by atomic mass is 10.1. The second-order valence-electron chi connectivity index (χ2n) is 7.69. The Morgan fingerprint density at radius 1 is 1.16 bits per heavy atom. The highest BCUT2D eigenvalue weighted by atomic mass is 16.5. The van der Waals surface area contributed by atoms with Gasteiger partial charge in [0.05, 0.1) is 32.1 Å². The maximum atomic E-state index is 5.63. The molecule has 1 N–H and O–H groups in total. The number of hydrogen-bond acceptors (Lipinski definition) is 7. The lowest BCUT2D eigenvalue weighted by Gasteiger charge is -2.34. The number of aromatic nitrogens is 5. The van der Waals surface area contributed by atoms with Crippen molar-refractivity contribution in [3.8, 4) is 28.5 Å². The number of ether oxygens (including phenoxy) is 2. The van der Waals surface area contributed by atoms with Gasteiger partial charge >= 0.3 is 0 Å². The Kier molecular flexibility index (Phi) is 4.99. The van der Waals surface area contributed by atoms with Gasteiger partial charge in [0.1, 0.15) is 11.5 Å². The molecule has 0 aromatic carbocycles. The maximum Gasteiger partial charge on any atom is 0.213 e. The molecule has 1 aliphatic heterocycles. The van der Waals surface area contributed by atoms with E-state index >= 15 is 0 Å². The number of hydrogen-bond donors (Lipinski definition) is 1. The van der Waals surface area contributed by atoms with Crippen LogP contribution in [0.1, 0.15) is 12.5 Å². The zero-order valence-electron chi connectivity index (χ0n) is 17.8. The molecule has 5 heterocycles. The van der Waals surface area contributed by atoms with E-state index in [0.717, 1.165) is 45.8 Å². The molecule has 1 aliphatic rings. The Balaban J connectivity index is 1.70. The molecule has 4 aromatic rings. The van der Waals surface area contributed by atoms with Gasteiger partial charge in [-0.2, -0.15) is 0 Å². The monoisotopic (exact) mass is 416 g/mol. The van der Waals surface area contributed by atoms with Crippen molar-refractivity contribution in [2.45, 2.75) is 19.9 Å². The smallest absolute Gasteiger partial charge is 0.213 e. The molecule has 0 bridgehead atoms. The average molecular weight is 416 g/mol. The molecular formula is C23H24N6O2. The Labute approximate surface area is 180 Å². The number of methoxy groups -OCH3 is 1. The maximum absolute atomic E-state index is 5.63. The van der Waals surface area contributed by atoms with Gasteiger partial charge in [0.25, 0.3) is 0 Å². The van der Waals surface area contributed by atoms with Gasteiger partial charge in [-0.1, -0.05) is 0 Å². The number of H-pyrrole nitrogens is 1. The topological polar surface area (TPSA) is 89.0 Å². The quantitative estimate of drug-likeness (QED) is 0.543. The first-order valence-electron chi connectivity index (χ1n) is 10.3. The molecule has 0 spiro atoms. The summed E-state index contributed by atoms with van der Waals surface area (Å²) >= 11 is 0. The first kappa shape index (κ1) is 19.4.